The molecule has 15 heavy (non-hydrogen) atoms. The van der Waals surface area contributed by atoms with Crippen LogP contribution in [0.15, 0.2) is 0 Å². The lowest BCUT2D eigenvalue weighted by Gasteiger charge is -2.36. The molecule has 0 aromatic carbocycles. The van der Waals surface area contributed by atoms with E-state index in [1.807, 2.05) is 6.92 Å². The Bertz CT molecular complexity index is 287. The van der Waals surface area contributed by atoms with Crippen molar-refractivity contribution in [3.63, 3.8) is 0 Å². The Labute approximate surface area is 90.2 Å². The molecule has 2 rings (SSSR count). The van der Waals surface area contributed by atoms with Crippen LogP contribution >= 0.6 is 0 Å². The Morgan fingerprint density at radius 2 is 2.27 bits per heavy atom. The van der Waals surface area contributed by atoms with Gasteiger partial charge in [0.1, 0.15) is 6.29 Å². The van der Waals surface area contributed by atoms with Crippen LogP contribution in [-0.4, -0.2) is 18.9 Å². The molecule has 2 aliphatic rings. The fourth-order valence-electron chi connectivity index (χ4n) is 3.46. The topological polar surface area (TPSA) is 43.4 Å². The Hall–Kier alpha value is -0.860. The van der Waals surface area contributed by atoms with Crippen molar-refractivity contribution in [2.24, 2.45) is 23.2 Å². The molecule has 0 N–H and O–H groups in total. The Morgan fingerprint density at radius 3 is 2.87 bits per heavy atom. The van der Waals surface area contributed by atoms with Crippen molar-refractivity contribution in [3.05, 3.63) is 0 Å². The van der Waals surface area contributed by atoms with E-state index < -0.39 is 0 Å². The van der Waals surface area contributed by atoms with Crippen LogP contribution < -0.4 is 0 Å². The van der Waals surface area contributed by atoms with E-state index in [-0.39, 0.29) is 17.3 Å². The molecule has 84 valence electrons. The second-order valence-corrected chi connectivity index (χ2v) is 5.16. The number of esters is 1. The van der Waals surface area contributed by atoms with Crippen molar-refractivity contribution in [3.8, 4) is 0 Å². The van der Waals surface area contributed by atoms with Crippen LogP contribution in [0.25, 0.3) is 0 Å². The number of aldehydes is 1. The van der Waals surface area contributed by atoms with Crippen LogP contribution in [0.5, 0.6) is 0 Å². The summed E-state index contributed by atoms with van der Waals surface area (Å²) in [6, 6.07) is 0. The molecule has 2 fully saturated rings. The van der Waals surface area contributed by atoms with Crippen LogP contribution in [0.1, 0.15) is 33.1 Å². The van der Waals surface area contributed by atoms with E-state index in [1.54, 1.807) is 0 Å². The average Bonchev–Trinajstić information content (AvgIpc) is 2.75. The predicted octanol–water partition coefficient (Wildman–Crippen LogP) is 1.80. The molecule has 0 saturated heterocycles. The molecule has 0 radical (unpaired) electrons. The SMILES string of the molecule is CC(=O)OCC1C2CCC(C2)C1(C)C=O. The van der Waals surface area contributed by atoms with Crippen LogP contribution in [0.3, 0.4) is 0 Å². The zero-order chi connectivity index (χ0) is 11.1. The molecule has 3 nitrogen and oxygen atoms in total. The molecular weight excluding hydrogens is 192 g/mol. The molecule has 0 spiro atoms. The number of hydrogen-bond donors (Lipinski definition) is 0. The zero-order valence-electron chi connectivity index (χ0n) is 9.36. The van der Waals surface area contributed by atoms with Crippen molar-refractivity contribution in [1.82, 2.24) is 0 Å². The van der Waals surface area contributed by atoms with Gasteiger partial charge in [-0.2, -0.15) is 0 Å². The van der Waals surface area contributed by atoms with Gasteiger partial charge in [0.2, 0.25) is 0 Å². The van der Waals surface area contributed by atoms with Gasteiger partial charge in [-0.05, 0) is 31.1 Å². The molecule has 4 atom stereocenters. The van der Waals surface area contributed by atoms with E-state index in [1.165, 1.54) is 13.3 Å². The lowest BCUT2D eigenvalue weighted by atomic mass is 9.68. The fourth-order valence-corrected chi connectivity index (χ4v) is 3.46. The van der Waals surface area contributed by atoms with Gasteiger partial charge in [-0.3, -0.25) is 4.79 Å². The molecule has 0 aromatic heterocycles. The van der Waals surface area contributed by atoms with Gasteiger partial charge in [-0.15, -0.1) is 0 Å². The van der Waals surface area contributed by atoms with Crippen LogP contribution in [0, 0.1) is 23.2 Å². The summed E-state index contributed by atoms with van der Waals surface area (Å²) in [5.41, 5.74) is -0.252. The first-order valence-electron chi connectivity index (χ1n) is 5.67. The molecule has 0 heterocycles. The summed E-state index contributed by atoms with van der Waals surface area (Å²) >= 11 is 0. The van der Waals surface area contributed by atoms with E-state index in [0.29, 0.717) is 18.4 Å². The molecule has 4 unspecified atom stereocenters. The van der Waals surface area contributed by atoms with Gasteiger partial charge in [0.05, 0.1) is 6.61 Å². The van der Waals surface area contributed by atoms with Gasteiger partial charge >= 0.3 is 5.97 Å². The average molecular weight is 210 g/mol. The summed E-state index contributed by atoms with van der Waals surface area (Å²) in [6.45, 7) is 3.87. The normalized spacial score (nSPS) is 42.9. The molecule has 3 heteroatoms. The van der Waals surface area contributed by atoms with Crippen molar-refractivity contribution in [2.75, 3.05) is 6.61 Å². The third-order valence-electron chi connectivity index (χ3n) is 4.44. The quantitative estimate of drug-likeness (QED) is 0.527. The number of hydrogen-bond acceptors (Lipinski definition) is 3. The molecule has 2 bridgehead atoms. The van der Waals surface area contributed by atoms with Crippen LogP contribution in [0.2, 0.25) is 0 Å². The van der Waals surface area contributed by atoms with Gasteiger partial charge < -0.3 is 9.53 Å². The summed E-state index contributed by atoms with van der Waals surface area (Å²) < 4.78 is 5.08. The minimum atomic E-state index is -0.252. The van der Waals surface area contributed by atoms with Gasteiger partial charge in [-0.1, -0.05) is 6.92 Å². The predicted molar refractivity (Wildman–Crippen MR) is 55.1 cm³/mol. The van der Waals surface area contributed by atoms with Crippen molar-refractivity contribution in [1.29, 1.82) is 0 Å². The maximum absolute atomic E-state index is 11.2. The monoisotopic (exact) mass is 210 g/mol. The van der Waals surface area contributed by atoms with E-state index in [9.17, 15) is 9.59 Å². The van der Waals surface area contributed by atoms with Gasteiger partial charge in [0, 0.05) is 18.3 Å². The van der Waals surface area contributed by atoms with Crippen LogP contribution in [-0.2, 0) is 14.3 Å². The van der Waals surface area contributed by atoms with Crippen LogP contribution in [0.4, 0.5) is 0 Å². The Morgan fingerprint density at radius 1 is 1.53 bits per heavy atom. The molecule has 0 aromatic rings. The molecule has 0 amide bonds. The molecule has 2 aliphatic carbocycles. The summed E-state index contributed by atoms with van der Waals surface area (Å²) in [5.74, 6) is 1.11. The standard InChI is InChI=1S/C12H18O3/c1-8(14)15-6-11-9-3-4-10(5-9)12(11,2)7-13/h7,9-11H,3-6H2,1-2H3. The fraction of sp³-hybridized carbons (Fsp3) is 0.833. The first-order chi connectivity index (χ1) is 7.08. The zero-order valence-corrected chi connectivity index (χ0v) is 9.36. The molecule has 2 saturated carbocycles. The maximum Gasteiger partial charge on any atom is 0.302 e. The Kier molecular flexibility index (Phi) is 2.57. The highest BCUT2D eigenvalue weighted by Gasteiger charge is 2.55. The third-order valence-corrected chi connectivity index (χ3v) is 4.44. The highest BCUT2D eigenvalue weighted by molar-refractivity contribution is 5.66. The Balaban J connectivity index is 2.08. The number of carbonyl (C=O) groups is 2. The smallest absolute Gasteiger partial charge is 0.302 e. The number of fused-ring (bicyclic) bond motifs is 2. The number of rotatable bonds is 3. The van der Waals surface area contributed by atoms with Crippen molar-refractivity contribution in [2.45, 2.75) is 33.1 Å². The number of carbonyl (C=O) groups excluding carboxylic acids is 2. The second kappa shape index (κ2) is 3.62. The lowest BCUT2D eigenvalue weighted by Crippen LogP contribution is -2.38. The highest BCUT2D eigenvalue weighted by atomic mass is 16.5. The highest BCUT2D eigenvalue weighted by Crippen LogP contribution is 2.58. The van der Waals surface area contributed by atoms with Gasteiger partial charge in [0.15, 0.2) is 0 Å². The summed E-state index contributed by atoms with van der Waals surface area (Å²) in [5, 5.41) is 0. The first-order valence-corrected chi connectivity index (χ1v) is 5.67. The van der Waals surface area contributed by atoms with E-state index in [4.69, 9.17) is 4.74 Å². The first kappa shape index (κ1) is 10.7. The summed E-state index contributed by atoms with van der Waals surface area (Å²) in [6.07, 6.45) is 4.59. The van der Waals surface area contributed by atoms with Crippen molar-refractivity contribution < 1.29 is 14.3 Å². The second-order valence-electron chi connectivity index (χ2n) is 5.16. The third kappa shape index (κ3) is 1.58. The maximum atomic E-state index is 11.2. The summed E-state index contributed by atoms with van der Waals surface area (Å²) in [7, 11) is 0. The minimum Gasteiger partial charge on any atom is -0.466 e. The molecule has 0 aliphatic heterocycles. The van der Waals surface area contributed by atoms with Crippen molar-refractivity contribution >= 4 is 12.3 Å². The lowest BCUT2D eigenvalue weighted by molar-refractivity contribution is -0.146. The van der Waals surface area contributed by atoms with Gasteiger partial charge in [-0.25, -0.2) is 0 Å². The molecular formula is C12H18O3. The minimum absolute atomic E-state index is 0.244. The summed E-state index contributed by atoms with van der Waals surface area (Å²) in [4.78, 5) is 22.0. The van der Waals surface area contributed by atoms with E-state index in [0.717, 1.165) is 19.1 Å². The largest absolute Gasteiger partial charge is 0.466 e. The van der Waals surface area contributed by atoms with Gasteiger partial charge in [0.25, 0.3) is 0 Å². The van der Waals surface area contributed by atoms with E-state index in [2.05, 4.69) is 0 Å². The van der Waals surface area contributed by atoms with E-state index >= 15 is 0 Å². The number of ether oxygens (including phenoxy) is 1.